The second-order valence-electron chi connectivity index (χ2n) is 7.40. The van der Waals surface area contributed by atoms with Crippen molar-refractivity contribution < 1.29 is 4.79 Å². The van der Waals surface area contributed by atoms with Crippen LogP contribution in [-0.4, -0.2) is 53.9 Å². The van der Waals surface area contributed by atoms with E-state index in [-0.39, 0.29) is 5.91 Å². The van der Waals surface area contributed by atoms with Crippen LogP contribution in [0.2, 0.25) is 0 Å². The number of piperidine rings is 1. The Kier molecular flexibility index (Phi) is 7.17. The summed E-state index contributed by atoms with van der Waals surface area (Å²) in [5, 5.41) is 0. The van der Waals surface area contributed by atoms with Crippen molar-refractivity contribution in [1.29, 1.82) is 0 Å². The lowest BCUT2D eigenvalue weighted by molar-refractivity contribution is -0.126. The highest BCUT2D eigenvalue weighted by Crippen LogP contribution is 2.17. The van der Waals surface area contributed by atoms with E-state index in [9.17, 15) is 4.79 Å². The molecule has 1 saturated heterocycles. The van der Waals surface area contributed by atoms with E-state index in [1.165, 1.54) is 18.4 Å². The average molecular weight is 364 g/mol. The first-order valence-corrected chi connectivity index (χ1v) is 9.80. The molecule has 0 radical (unpaired) electrons. The number of carbonyl (C=O) groups is 1. The number of hydrogen-bond acceptors (Lipinski definition) is 3. The van der Waals surface area contributed by atoms with Crippen molar-refractivity contribution in [2.45, 2.75) is 19.3 Å². The molecule has 1 aromatic carbocycles. The van der Waals surface area contributed by atoms with Crippen LogP contribution >= 0.6 is 0 Å². The number of carbonyl (C=O) groups excluding carboxylic acids is 1. The Balaban J connectivity index is 1.65. The predicted molar refractivity (Wildman–Crippen MR) is 110 cm³/mol. The molecule has 2 heterocycles. The van der Waals surface area contributed by atoms with Gasteiger partial charge in [0.15, 0.2) is 0 Å². The Morgan fingerprint density at radius 1 is 1.22 bits per heavy atom. The molecule has 1 unspecified atom stereocenters. The van der Waals surface area contributed by atoms with Crippen LogP contribution in [0.1, 0.15) is 24.0 Å². The normalized spacial score (nSPS) is 17.9. The van der Waals surface area contributed by atoms with E-state index < -0.39 is 0 Å². The molecule has 1 amide bonds. The second kappa shape index (κ2) is 10.0. The van der Waals surface area contributed by atoms with E-state index in [2.05, 4.69) is 41.2 Å². The fourth-order valence-corrected chi connectivity index (χ4v) is 3.68. The van der Waals surface area contributed by atoms with Crippen molar-refractivity contribution in [2.24, 2.45) is 5.92 Å². The summed E-state index contributed by atoms with van der Waals surface area (Å²) >= 11 is 0. The summed E-state index contributed by atoms with van der Waals surface area (Å²) in [5.41, 5.74) is 2.27. The molecule has 1 aromatic heterocycles. The van der Waals surface area contributed by atoms with Crippen LogP contribution in [0.25, 0.3) is 6.08 Å². The third-order valence-electron chi connectivity index (χ3n) is 5.15. The minimum Gasteiger partial charge on any atom is -0.339 e. The highest BCUT2D eigenvalue weighted by atomic mass is 16.2. The predicted octanol–water partition coefficient (Wildman–Crippen LogP) is 3.51. The van der Waals surface area contributed by atoms with E-state index >= 15 is 0 Å². The van der Waals surface area contributed by atoms with Gasteiger partial charge in [-0.15, -0.1) is 0 Å². The minimum atomic E-state index is 0.0935. The zero-order chi connectivity index (χ0) is 18.9. The van der Waals surface area contributed by atoms with Crippen molar-refractivity contribution in [2.75, 3.05) is 33.2 Å². The number of amides is 1. The molecule has 1 fully saturated rings. The largest absolute Gasteiger partial charge is 0.339 e. The second-order valence-corrected chi connectivity index (χ2v) is 7.40. The number of nitrogens with zero attached hydrogens (tertiary/aromatic N) is 3. The summed E-state index contributed by atoms with van der Waals surface area (Å²) in [4.78, 5) is 21.3. The Bertz CT molecular complexity index is 730. The monoisotopic (exact) mass is 363 g/mol. The third-order valence-corrected chi connectivity index (χ3v) is 5.15. The average Bonchev–Trinajstić information content (AvgIpc) is 2.71. The Morgan fingerprint density at radius 3 is 2.74 bits per heavy atom. The van der Waals surface area contributed by atoms with E-state index in [4.69, 9.17) is 0 Å². The highest BCUT2D eigenvalue weighted by molar-refractivity contribution is 5.91. The van der Waals surface area contributed by atoms with Gasteiger partial charge in [0, 0.05) is 38.1 Å². The number of aromatic nitrogens is 1. The highest BCUT2D eigenvalue weighted by Gasteiger charge is 2.21. The van der Waals surface area contributed by atoms with E-state index in [1.54, 1.807) is 18.5 Å². The minimum absolute atomic E-state index is 0.0935. The van der Waals surface area contributed by atoms with Crippen LogP contribution < -0.4 is 0 Å². The lowest BCUT2D eigenvalue weighted by Crippen LogP contribution is -2.42. The van der Waals surface area contributed by atoms with Crippen LogP contribution in [0.4, 0.5) is 0 Å². The smallest absolute Gasteiger partial charge is 0.246 e. The fraction of sp³-hybridized carbons (Fsp3) is 0.391. The van der Waals surface area contributed by atoms with Crippen molar-refractivity contribution in [3.8, 4) is 0 Å². The fourth-order valence-electron chi connectivity index (χ4n) is 3.68. The first-order chi connectivity index (χ1) is 13.2. The van der Waals surface area contributed by atoms with Crippen LogP contribution in [0, 0.1) is 5.92 Å². The van der Waals surface area contributed by atoms with Crippen molar-refractivity contribution in [3.63, 3.8) is 0 Å². The van der Waals surface area contributed by atoms with Gasteiger partial charge in [-0.1, -0.05) is 30.3 Å². The van der Waals surface area contributed by atoms with Crippen molar-refractivity contribution in [1.82, 2.24) is 14.8 Å². The summed E-state index contributed by atoms with van der Waals surface area (Å²) in [7, 11) is 2.17. The molecule has 0 bridgehead atoms. The molecule has 0 saturated carbocycles. The zero-order valence-corrected chi connectivity index (χ0v) is 16.1. The van der Waals surface area contributed by atoms with Crippen LogP contribution in [0.3, 0.4) is 0 Å². The summed E-state index contributed by atoms with van der Waals surface area (Å²) in [6.07, 6.45) is 10.4. The molecule has 142 valence electrons. The van der Waals surface area contributed by atoms with Gasteiger partial charge in [0.1, 0.15) is 0 Å². The standard InChI is InChI=1S/C23H29N3O/c1-25-16-5-8-22(18-25)19-26(17-13-20-6-3-2-4-7-20)23(27)10-9-21-11-14-24-15-12-21/h2-4,6-7,9-12,14-15,22H,5,8,13,16-19H2,1H3/b10-9+. The number of hydrogen-bond donors (Lipinski definition) is 0. The molecule has 27 heavy (non-hydrogen) atoms. The molecule has 4 nitrogen and oxygen atoms in total. The molecule has 1 aliphatic heterocycles. The number of pyridine rings is 1. The van der Waals surface area contributed by atoms with E-state index in [0.29, 0.717) is 5.92 Å². The topological polar surface area (TPSA) is 36.4 Å². The molecular formula is C23H29N3O. The Labute approximate surface area is 162 Å². The SMILES string of the molecule is CN1CCCC(CN(CCc2ccccc2)C(=O)/C=C/c2ccncc2)C1. The molecule has 0 aliphatic carbocycles. The molecule has 0 spiro atoms. The molecule has 2 aromatic rings. The van der Waals surface area contributed by atoms with Crippen LogP contribution in [-0.2, 0) is 11.2 Å². The van der Waals surface area contributed by atoms with Gasteiger partial charge in [-0.25, -0.2) is 0 Å². The van der Waals surface area contributed by atoms with Gasteiger partial charge in [0.05, 0.1) is 0 Å². The summed E-state index contributed by atoms with van der Waals surface area (Å²) < 4.78 is 0. The molecular weight excluding hydrogens is 334 g/mol. The molecule has 4 heteroatoms. The van der Waals surface area contributed by atoms with Gasteiger partial charge >= 0.3 is 0 Å². The number of benzene rings is 1. The van der Waals surface area contributed by atoms with Gasteiger partial charge < -0.3 is 9.80 Å². The Hall–Kier alpha value is -2.46. The third kappa shape index (κ3) is 6.33. The molecule has 1 aliphatic rings. The molecule has 1 atom stereocenters. The molecule has 0 N–H and O–H groups in total. The van der Waals surface area contributed by atoms with Gasteiger partial charge in [0.25, 0.3) is 0 Å². The van der Waals surface area contributed by atoms with Crippen molar-refractivity contribution in [3.05, 3.63) is 72.1 Å². The van der Waals surface area contributed by atoms with Gasteiger partial charge in [-0.3, -0.25) is 9.78 Å². The number of rotatable bonds is 7. The maximum absolute atomic E-state index is 12.9. The number of likely N-dealkylation sites (tertiary alicyclic amines) is 1. The molecule has 3 rings (SSSR count). The maximum atomic E-state index is 12.9. The Morgan fingerprint density at radius 2 is 2.00 bits per heavy atom. The van der Waals surface area contributed by atoms with Gasteiger partial charge in [-0.05, 0) is 68.1 Å². The zero-order valence-electron chi connectivity index (χ0n) is 16.1. The van der Waals surface area contributed by atoms with E-state index in [1.807, 2.05) is 29.2 Å². The first kappa shape index (κ1) is 19.3. The summed E-state index contributed by atoms with van der Waals surface area (Å²) in [5.74, 6) is 0.647. The lowest BCUT2D eigenvalue weighted by Gasteiger charge is -2.33. The van der Waals surface area contributed by atoms with Crippen LogP contribution in [0.15, 0.2) is 60.9 Å². The van der Waals surface area contributed by atoms with E-state index in [0.717, 1.165) is 38.2 Å². The van der Waals surface area contributed by atoms with Gasteiger partial charge in [0.2, 0.25) is 5.91 Å². The summed E-state index contributed by atoms with van der Waals surface area (Å²) in [6, 6.07) is 14.2. The first-order valence-electron chi connectivity index (χ1n) is 9.80. The van der Waals surface area contributed by atoms with Crippen molar-refractivity contribution >= 4 is 12.0 Å². The maximum Gasteiger partial charge on any atom is 0.246 e. The quantitative estimate of drug-likeness (QED) is 0.707. The lowest BCUT2D eigenvalue weighted by atomic mass is 9.97. The van der Waals surface area contributed by atoms with Crippen LogP contribution in [0.5, 0.6) is 0 Å². The van der Waals surface area contributed by atoms with Gasteiger partial charge in [-0.2, -0.15) is 0 Å². The summed E-state index contributed by atoms with van der Waals surface area (Å²) in [6.45, 7) is 3.82.